The highest BCUT2D eigenvalue weighted by Gasteiger charge is 2.34. The molecule has 2 heterocycles. The Bertz CT molecular complexity index is 253. The zero-order chi connectivity index (χ0) is 12.1. The lowest BCUT2D eigenvalue weighted by Gasteiger charge is -2.23. The molecule has 0 bridgehead atoms. The van der Waals surface area contributed by atoms with E-state index >= 15 is 0 Å². The molecule has 2 aliphatic rings. The predicted molar refractivity (Wildman–Crippen MR) is 61.7 cm³/mol. The van der Waals surface area contributed by atoms with Gasteiger partial charge in [-0.05, 0) is 25.8 Å². The molecule has 0 saturated carbocycles. The number of esters is 1. The molecule has 98 valence electrons. The van der Waals surface area contributed by atoms with Crippen LogP contribution in [0.1, 0.15) is 12.8 Å². The minimum Gasteiger partial charge on any atom is -0.465 e. The molecule has 2 atom stereocenters. The molecule has 2 aliphatic heterocycles. The van der Waals surface area contributed by atoms with Crippen LogP contribution in [0.15, 0.2) is 0 Å². The molecular formula is C12H21NO4. The van der Waals surface area contributed by atoms with Crippen LogP contribution in [0, 0.1) is 11.8 Å². The first-order chi connectivity index (χ1) is 8.31. The Balaban J connectivity index is 1.72. The molecule has 2 unspecified atom stereocenters. The molecule has 1 N–H and O–H groups in total. The molecule has 2 saturated heterocycles. The van der Waals surface area contributed by atoms with Gasteiger partial charge in [0.05, 0.1) is 25.7 Å². The van der Waals surface area contributed by atoms with E-state index in [1.54, 1.807) is 0 Å². The largest absolute Gasteiger partial charge is 0.465 e. The molecule has 2 rings (SSSR count). The third-order valence-corrected chi connectivity index (χ3v) is 3.56. The standard InChI is InChI=1S/C12H21NO4/c1-13-11-8-16-7-10(11)12(14)17-6-9-2-4-15-5-3-9/h9-11,13H,2-8H2,1H3. The third-order valence-electron chi connectivity index (χ3n) is 3.56. The number of likely N-dealkylation sites (N-methyl/N-ethyl adjacent to an activating group) is 1. The lowest BCUT2D eigenvalue weighted by atomic mass is 10.0. The summed E-state index contributed by atoms with van der Waals surface area (Å²) in [5.41, 5.74) is 0. The Hall–Kier alpha value is -0.650. The number of hydrogen-bond acceptors (Lipinski definition) is 5. The van der Waals surface area contributed by atoms with Crippen molar-refractivity contribution in [2.45, 2.75) is 18.9 Å². The van der Waals surface area contributed by atoms with E-state index in [2.05, 4.69) is 5.32 Å². The fourth-order valence-corrected chi connectivity index (χ4v) is 2.29. The van der Waals surface area contributed by atoms with Crippen LogP contribution >= 0.6 is 0 Å². The van der Waals surface area contributed by atoms with Crippen molar-refractivity contribution in [2.24, 2.45) is 11.8 Å². The summed E-state index contributed by atoms with van der Waals surface area (Å²) in [6.07, 6.45) is 1.98. The van der Waals surface area contributed by atoms with Gasteiger partial charge in [-0.2, -0.15) is 0 Å². The average molecular weight is 243 g/mol. The number of rotatable bonds is 4. The van der Waals surface area contributed by atoms with E-state index in [9.17, 15) is 4.79 Å². The number of carbonyl (C=O) groups is 1. The van der Waals surface area contributed by atoms with E-state index in [4.69, 9.17) is 14.2 Å². The van der Waals surface area contributed by atoms with Crippen LogP contribution in [0.5, 0.6) is 0 Å². The molecule has 5 nitrogen and oxygen atoms in total. The maximum absolute atomic E-state index is 11.9. The van der Waals surface area contributed by atoms with Gasteiger partial charge in [-0.15, -0.1) is 0 Å². The summed E-state index contributed by atoms with van der Waals surface area (Å²) < 4.78 is 15.9. The van der Waals surface area contributed by atoms with Crippen LogP contribution in [0.25, 0.3) is 0 Å². The maximum Gasteiger partial charge on any atom is 0.312 e. The highest BCUT2D eigenvalue weighted by atomic mass is 16.5. The van der Waals surface area contributed by atoms with Gasteiger partial charge in [-0.1, -0.05) is 0 Å². The lowest BCUT2D eigenvalue weighted by Crippen LogP contribution is -2.38. The second-order valence-electron chi connectivity index (χ2n) is 4.72. The Labute approximate surface area is 102 Å². The summed E-state index contributed by atoms with van der Waals surface area (Å²) in [6.45, 7) is 3.16. The normalized spacial score (nSPS) is 30.4. The molecule has 0 aromatic carbocycles. The van der Waals surface area contributed by atoms with E-state index in [0.29, 0.717) is 25.7 Å². The van der Waals surface area contributed by atoms with Crippen molar-refractivity contribution in [1.82, 2.24) is 5.32 Å². The fourth-order valence-electron chi connectivity index (χ4n) is 2.29. The van der Waals surface area contributed by atoms with Gasteiger partial charge < -0.3 is 19.5 Å². The Kier molecular flexibility index (Phi) is 4.76. The Morgan fingerprint density at radius 1 is 1.29 bits per heavy atom. The SMILES string of the molecule is CNC1COCC1C(=O)OCC1CCOCC1. The van der Waals surface area contributed by atoms with Crippen molar-refractivity contribution in [3.05, 3.63) is 0 Å². The van der Waals surface area contributed by atoms with Crippen LogP contribution in [0.4, 0.5) is 0 Å². The third kappa shape index (κ3) is 3.40. The van der Waals surface area contributed by atoms with E-state index in [0.717, 1.165) is 26.1 Å². The van der Waals surface area contributed by atoms with Gasteiger partial charge in [-0.25, -0.2) is 0 Å². The van der Waals surface area contributed by atoms with Crippen molar-refractivity contribution in [2.75, 3.05) is 40.1 Å². The predicted octanol–water partition coefficient (Wildman–Crippen LogP) is 0.191. The first-order valence-electron chi connectivity index (χ1n) is 6.30. The summed E-state index contributed by atoms with van der Waals surface area (Å²) in [7, 11) is 1.85. The van der Waals surface area contributed by atoms with Gasteiger partial charge in [0.1, 0.15) is 0 Å². The molecule has 2 fully saturated rings. The molecule has 0 aromatic rings. The Morgan fingerprint density at radius 2 is 2.06 bits per heavy atom. The molecule has 0 aromatic heterocycles. The smallest absolute Gasteiger partial charge is 0.312 e. The van der Waals surface area contributed by atoms with E-state index in [-0.39, 0.29) is 17.9 Å². The van der Waals surface area contributed by atoms with Gasteiger partial charge in [0.2, 0.25) is 0 Å². The van der Waals surface area contributed by atoms with Gasteiger partial charge >= 0.3 is 5.97 Å². The number of hydrogen-bond donors (Lipinski definition) is 1. The summed E-state index contributed by atoms with van der Waals surface area (Å²) in [4.78, 5) is 11.9. The molecule has 0 spiro atoms. The van der Waals surface area contributed by atoms with E-state index in [1.165, 1.54) is 0 Å². The fraction of sp³-hybridized carbons (Fsp3) is 0.917. The van der Waals surface area contributed by atoms with E-state index in [1.807, 2.05) is 7.05 Å². The van der Waals surface area contributed by atoms with Crippen LogP contribution in [-0.4, -0.2) is 52.1 Å². The quantitative estimate of drug-likeness (QED) is 0.714. The molecule has 5 heteroatoms. The first-order valence-corrected chi connectivity index (χ1v) is 6.30. The molecule has 0 radical (unpaired) electrons. The minimum absolute atomic E-state index is 0.0946. The molecule has 17 heavy (non-hydrogen) atoms. The van der Waals surface area contributed by atoms with Gasteiger partial charge in [-0.3, -0.25) is 4.79 Å². The number of nitrogens with one attached hydrogen (secondary N) is 1. The maximum atomic E-state index is 11.9. The zero-order valence-corrected chi connectivity index (χ0v) is 10.3. The van der Waals surface area contributed by atoms with Crippen LogP contribution in [-0.2, 0) is 19.0 Å². The van der Waals surface area contributed by atoms with Gasteiger partial charge in [0.15, 0.2) is 0 Å². The van der Waals surface area contributed by atoms with Crippen molar-refractivity contribution in [3.63, 3.8) is 0 Å². The van der Waals surface area contributed by atoms with Crippen molar-refractivity contribution in [1.29, 1.82) is 0 Å². The highest BCUT2D eigenvalue weighted by Crippen LogP contribution is 2.18. The zero-order valence-electron chi connectivity index (χ0n) is 10.3. The van der Waals surface area contributed by atoms with Crippen LogP contribution in [0.2, 0.25) is 0 Å². The summed E-state index contributed by atoms with van der Waals surface area (Å²) in [6, 6.07) is 0.0946. The van der Waals surface area contributed by atoms with Crippen molar-refractivity contribution < 1.29 is 19.0 Å². The summed E-state index contributed by atoms with van der Waals surface area (Å²) in [5, 5.41) is 3.09. The van der Waals surface area contributed by atoms with Crippen LogP contribution < -0.4 is 5.32 Å². The monoisotopic (exact) mass is 243 g/mol. The molecular weight excluding hydrogens is 222 g/mol. The van der Waals surface area contributed by atoms with Crippen molar-refractivity contribution in [3.8, 4) is 0 Å². The first kappa shape index (κ1) is 12.8. The van der Waals surface area contributed by atoms with Crippen LogP contribution in [0.3, 0.4) is 0 Å². The minimum atomic E-state index is -0.153. The molecule has 0 aliphatic carbocycles. The lowest BCUT2D eigenvalue weighted by molar-refractivity contribution is -0.151. The van der Waals surface area contributed by atoms with Crippen molar-refractivity contribution >= 4 is 5.97 Å². The topological polar surface area (TPSA) is 56.8 Å². The second-order valence-corrected chi connectivity index (χ2v) is 4.72. The van der Waals surface area contributed by atoms with Gasteiger partial charge in [0, 0.05) is 19.3 Å². The number of ether oxygens (including phenoxy) is 3. The Morgan fingerprint density at radius 3 is 2.76 bits per heavy atom. The molecule has 0 amide bonds. The van der Waals surface area contributed by atoms with E-state index < -0.39 is 0 Å². The number of carbonyl (C=O) groups excluding carboxylic acids is 1. The van der Waals surface area contributed by atoms with Gasteiger partial charge in [0.25, 0.3) is 0 Å². The highest BCUT2D eigenvalue weighted by molar-refractivity contribution is 5.73. The summed E-state index contributed by atoms with van der Waals surface area (Å²) >= 11 is 0. The second kappa shape index (κ2) is 6.33. The average Bonchev–Trinajstić information content (AvgIpc) is 2.85. The summed E-state index contributed by atoms with van der Waals surface area (Å²) in [5.74, 6) is 0.177.